The minimum atomic E-state index is -0.669. The molecule has 2 aromatic heterocycles. The second kappa shape index (κ2) is 39.5. The predicted molar refractivity (Wildman–Crippen MR) is 207 cm³/mol. The summed E-state index contributed by atoms with van der Waals surface area (Å²) in [4.78, 5) is 7.57. The van der Waals surface area contributed by atoms with Crippen LogP contribution >= 0.6 is 0 Å². The number of aromatic hydroxyl groups is 2. The van der Waals surface area contributed by atoms with Crippen LogP contribution in [-0.4, -0.2) is 57.6 Å². The average molecular weight is 891 g/mol. The number of benzene rings is 4. The number of phenols is 2. The zero-order chi connectivity index (χ0) is 41.2. The number of hydrogen-bond acceptors (Lipinski definition) is 14. The van der Waals surface area contributed by atoms with Crippen LogP contribution in [0.25, 0.3) is 0 Å². The monoisotopic (exact) mass is 890 g/mol. The Morgan fingerprint density at radius 3 is 1.03 bits per heavy atom. The van der Waals surface area contributed by atoms with Gasteiger partial charge in [-0.2, -0.15) is 20.4 Å². The van der Waals surface area contributed by atoms with Crippen molar-refractivity contribution >= 4 is 24.2 Å². The SMILES string of the molecule is CC[O-].CC[O-].[O-2].[O-2].[O-]/C(=N\N=C\c1ccccc1[O-])c1ccccc1O.[O-]/C(=N\N=C\c1ccccc1[O-])c1ccccc1O.[V].[V].c1ccncc1.c1ccncc1. The molecule has 0 bridgehead atoms. The molecule has 2 radical (unpaired) electrons. The molecule has 16 nitrogen and oxygen atoms in total. The van der Waals surface area contributed by atoms with Crippen molar-refractivity contribution in [2.45, 2.75) is 13.8 Å². The Morgan fingerprint density at radius 2 is 0.783 bits per heavy atom. The van der Waals surface area contributed by atoms with E-state index in [0.717, 1.165) is 0 Å². The Hall–Kier alpha value is -6.33. The van der Waals surface area contributed by atoms with Crippen LogP contribution in [0.5, 0.6) is 23.0 Å². The first-order chi connectivity index (χ1) is 27.2. The molecule has 0 unspecified atom stereocenters. The molecule has 0 fully saturated rings. The largest absolute Gasteiger partial charge is 2.00 e. The third kappa shape index (κ3) is 27.3. The van der Waals surface area contributed by atoms with Crippen LogP contribution in [0.2, 0.25) is 0 Å². The first-order valence-corrected chi connectivity index (χ1v) is 16.7. The van der Waals surface area contributed by atoms with Gasteiger partial charge < -0.3 is 51.8 Å². The molecule has 0 saturated heterocycles. The molecule has 2 heterocycles. The normalized spacial score (nSPS) is 9.73. The molecule has 0 spiro atoms. The molecule has 18 heteroatoms. The van der Waals surface area contributed by atoms with Crippen molar-refractivity contribution in [3.05, 3.63) is 181 Å². The average Bonchev–Trinajstić information content (AvgIpc) is 3.22. The molecule has 0 aliphatic rings. The van der Waals surface area contributed by atoms with E-state index in [0.29, 0.717) is 11.1 Å². The number of rotatable bonds is 6. The molecule has 318 valence electrons. The van der Waals surface area contributed by atoms with Gasteiger partial charge in [0, 0.05) is 84.8 Å². The first-order valence-electron chi connectivity index (χ1n) is 16.7. The van der Waals surface area contributed by atoms with Crippen molar-refractivity contribution in [2.75, 3.05) is 13.2 Å². The standard InChI is InChI=1S/2C14H12N2O3.2C5H5N.2C2H5O.2O.2V/c2*17-12-7-3-1-5-10(12)9-15-16-14(19)11-6-2-4-8-13(11)18;2*1-2-4-6-5-3-1;2*1-2-3;;;;/h2*1-9,17-18H,(H,16,19);2*1-5H;2*2H2,1H3;;;;/q;;;;2*-1;2*-2;;/p-4/b2*15-9+;;;;;;;;. The summed E-state index contributed by atoms with van der Waals surface area (Å²) in [7, 11) is 0. The topological polar surface area (TPSA) is 311 Å². The van der Waals surface area contributed by atoms with Crippen LogP contribution in [0.15, 0.2) is 179 Å². The van der Waals surface area contributed by atoms with E-state index in [9.17, 15) is 30.6 Å². The fourth-order valence-corrected chi connectivity index (χ4v) is 3.50. The Balaban J connectivity index is -0.000000355. The second-order valence-corrected chi connectivity index (χ2v) is 10.0. The Bertz CT molecular complexity index is 1850. The van der Waals surface area contributed by atoms with Crippen molar-refractivity contribution in [1.29, 1.82) is 0 Å². The van der Waals surface area contributed by atoms with Crippen molar-refractivity contribution in [3.8, 4) is 23.0 Å². The third-order valence-electron chi connectivity index (χ3n) is 5.93. The van der Waals surface area contributed by atoms with Crippen LogP contribution in [0.1, 0.15) is 36.1 Å². The molecule has 0 aliphatic carbocycles. The zero-order valence-corrected chi connectivity index (χ0v) is 35.1. The summed E-state index contributed by atoms with van der Waals surface area (Å²) in [5.74, 6) is -2.05. The van der Waals surface area contributed by atoms with Crippen LogP contribution in [-0.2, 0) is 48.1 Å². The first kappa shape index (κ1) is 60.3. The molecular weight excluding hydrogens is 850 g/mol. The van der Waals surface area contributed by atoms with Gasteiger partial charge in [0.15, 0.2) is 0 Å². The van der Waals surface area contributed by atoms with Gasteiger partial charge in [0.05, 0.1) is 12.4 Å². The Kier molecular flexibility index (Phi) is 39.7. The maximum absolute atomic E-state index is 11.6. The van der Waals surface area contributed by atoms with Gasteiger partial charge in [0.25, 0.3) is 0 Å². The summed E-state index contributed by atoms with van der Waals surface area (Å²) in [5.41, 5.74) is 0.817. The van der Waals surface area contributed by atoms with E-state index in [2.05, 4.69) is 30.4 Å². The summed E-state index contributed by atoms with van der Waals surface area (Å²) in [6.07, 6.45) is 9.42. The number of aromatic nitrogens is 2. The molecule has 0 atom stereocenters. The molecule has 4 aromatic carbocycles. The number of nitrogens with zero attached hydrogens (tertiary/aromatic N) is 6. The van der Waals surface area contributed by atoms with Gasteiger partial charge in [-0.05, 0) is 47.5 Å². The van der Waals surface area contributed by atoms with E-state index in [1.54, 1.807) is 99.3 Å². The van der Waals surface area contributed by atoms with Crippen LogP contribution < -0.4 is 30.6 Å². The smallest absolute Gasteiger partial charge is 0.123 e. The summed E-state index contributed by atoms with van der Waals surface area (Å²) in [6.45, 7) is 3.14. The van der Waals surface area contributed by atoms with Crippen LogP contribution in [0.4, 0.5) is 0 Å². The van der Waals surface area contributed by atoms with E-state index < -0.39 is 11.8 Å². The van der Waals surface area contributed by atoms with Crippen LogP contribution in [0, 0.1) is 0 Å². The van der Waals surface area contributed by atoms with E-state index in [4.69, 9.17) is 10.2 Å². The van der Waals surface area contributed by atoms with Gasteiger partial charge in [-0.15, -0.1) is 13.2 Å². The minimum Gasteiger partial charge on any atom is -2.00 e. The molecule has 60 heavy (non-hydrogen) atoms. The van der Waals surface area contributed by atoms with Crippen molar-refractivity contribution in [1.82, 2.24) is 9.97 Å². The molecule has 0 aliphatic heterocycles. The molecule has 0 amide bonds. The summed E-state index contributed by atoms with van der Waals surface area (Å²) < 4.78 is 0. The quantitative estimate of drug-likeness (QED) is 0.139. The summed E-state index contributed by atoms with van der Waals surface area (Å²) >= 11 is 0. The van der Waals surface area contributed by atoms with Crippen molar-refractivity contribution < 1.29 is 88.9 Å². The fourth-order valence-electron chi connectivity index (χ4n) is 3.50. The van der Waals surface area contributed by atoms with E-state index in [-0.39, 0.29) is 95.4 Å². The molecule has 6 aromatic rings. The van der Waals surface area contributed by atoms with Gasteiger partial charge in [-0.3, -0.25) is 9.97 Å². The molecule has 6 rings (SSSR count). The molecule has 0 saturated carbocycles. The van der Waals surface area contributed by atoms with Crippen LogP contribution in [0.3, 0.4) is 0 Å². The number of phenolic OH excluding ortho intramolecular Hbond substituents is 2. The number of pyridine rings is 2. The van der Waals surface area contributed by atoms with Crippen molar-refractivity contribution in [2.24, 2.45) is 20.4 Å². The zero-order valence-electron chi connectivity index (χ0n) is 32.3. The van der Waals surface area contributed by atoms with E-state index in [1.165, 1.54) is 48.8 Å². The maximum Gasteiger partial charge on any atom is 0.123 e. The number of para-hydroxylation sites is 4. The van der Waals surface area contributed by atoms with Gasteiger partial charge in [0.1, 0.15) is 11.5 Å². The molecular formula is C42H40N6O10V2-10. The van der Waals surface area contributed by atoms with E-state index in [1.807, 2.05) is 36.4 Å². The Morgan fingerprint density at radius 1 is 0.500 bits per heavy atom. The third-order valence-corrected chi connectivity index (χ3v) is 5.93. The summed E-state index contributed by atoms with van der Waals surface area (Å²) in [6, 6.07) is 36.1. The minimum absolute atomic E-state index is 0. The number of hydrogen-bond donors (Lipinski definition) is 2. The van der Waals surface area contributed by atoms with Crippen molar-refractivity contribution in [3.63, 3.8) is 0 Å². The van der Waals surface area contributed by atoms with Gasteiger partial charge >= 0.3 is 0 Å². The predicted octanol–water partition coefficient (Wildman–Crippen LogP) is 1.87. The van der Waals surface area contributed by atoms with E-state index >= 15 is 0 Å². The molecule has 2 N–H and O–H groups in total. The van der Waals surface area contributed by atoms with Gasteiger partial charge in [0.2, 0.25) is 0 Å². The Labute approximate surface area is 372 Å². The maximum atomic E-state index is 11.6. The fraction of sp³-hybridized carbons (Fsp3) is 0.0952. The van der Waals surface area contributed by atoms with Gasteiger partial charge in [-0.1, -0.05) is 122 Å². The summed E-state index contributed by atoms with van der Waals surface area (Å²) in [5, 5.41) is 96.7. The van der Waals surface area contributed by atoms with Gasteiger partial charge in [-0.25, -0.2) is 0 Å². The second-order valence-electron chi connectivity index (χ2n) is 10.0.